The van der Waals surface area contributed by atoms with Crippen LogP contribution >= 0.6 is 11.3 Å². The van der Waals surface area contributed by atoms with Gasteiger partial charge in [-0.25, -0.2) is 15.0 Å². The predicted molar refractivity (Wildman–Crippen MR) is 57.4 cm³/mol. The van der Waals surface area contributed by atoms with E-state index in [-0.39, 0.29) is 0 Å². The molecule has 0 aromatic carbocycles. The molecule has 0 spiro atoms. The van der Waals surface area contributed by atoms with E-state index >= 15 is 0 Å². The molecule has 14 heavy (non-hydrogen) atoms. The van der Waals surface area contributed by atoms with Gasteiger partial charge in [-0.1, -0.05) is 0 Å². The fraction of sp³-hybridized carbons (Fsp3) is 0.222. The molecule has 0 aliphatic carbocycles. The van der Waals surface area contributed by atoms with Gasteiger partial charge < -0.3 is 5.32 Å². The van der Waals surface area contributed by atoms with E-state index in [0.717, 1.165) is 16.3 Å². The van der Waals surface area contributed by atoms with Crippen molar-refractivity contribution in [2.45, 2.75) is 6.92 Å². The lowest BCUT2D eigenvalue weighted by Crippen LogP contribution is -1.95. The van der Waals surface area contributed by atoms with Crippen LogP contribution in [0.3, 0.4) is 0 Å². The summed E-state index contributed by atoms with van der Waals surface area (Å²) in [7, 11) is 1.79. The van der Waals surface area contributed by atoms with Gasteiger partial charge in [0, 0.05) is 36.1 Å². The lowest BCUT2D eigenvalue weighted by molar-refractivity contribution is 1.15. The number of aryl methyl sites for hydroxylation is 1. The minimum absolute atomic E-state index is 0.627. The zero-order valence-electron chi connectivity index (χ0n) is 7.98. The van der Waals surface area contributed by atoms with Crippen molar-refractivity contribution in [2.24, 2.45) is 0 Å². The molecule has 2 aromatic rings. The zero-order chi connectivity index (χ0) is 9.97. The minimum Gasteiger partial charge on any atom is -0.357 e. The molecule has 0 aliphatic rings. The Hall–Kier alpha value is -1.49. The average Bonchev–Trinajstić information content (AvgIpc) is 2.65. The Bertz CT molecular complexity index is 421. The third-order valence-electron chi connectivity index (χ3n) is 1.74. The molecule has 0 bridgehead atoms. The molecule has 0 atom stereocenters. The second-order valence-corrected chi connectivity index (χ2v) is 3.70. The molecule has 0 aliphatic heterocycles. The number of nitrogens with one attached hydrogen (secondary N) is 1. The summed E-state index contributed by atoms with van der Waals surface area (Å²) in [4.78, 5) is 12.6. The van der Waals surface area contributed by atoms with Gasteiger partial charge in [-0.3, -0.25) is 0 Å². The smallest absolute Gasteiger partial charge is 0.222 e. The van der Waals surface area contributed by atoms with Crippen molar-refractivity contribution in [2.75, 3.05) is 12.4 Å². The van der Waals surface area contributed by atoms with Gasteiger partial charge in [0.25, 0.3) is 0 Å². The fourth-order valence-corrected chi connectivity index (χ4v) is 1.83. The van der Waals surface area contributed by atoms with Crippen LogP contribution in [0.25, 0.3) is 10.6 Å². The maximum absolute atomic E-state index is 4.35. The average molecular weight is 206 g/mol. The van der Waals surface area contributed by atoms with Crippen molar-refractivity contribution in [3.8, 4) is 10.6 Å². The first-order chi connectivity index (χ1) is 6.79. The molecule has 1 N–H and O–H groups in total. The van der Waals surface area contributed by atoms with E-state index in [2.05, 4.69) is 20.3 Å². The Morgan fingerprint density at radius 3 is 2.50 bits per heavy atom. The highest BCUT2D eigenvalue weighted by molar-refractivity contribution is 7.13. The maximum atomic E-state index is 4.35. The van der Waals surface area contributed by atoms with Crippen LogP contribution in [0.2, 0.25) is 0 Å². The summed E-state index contributed by atoms with van der Waals surface area (Å²) in [6, 6.07) is 0. The van der Waals surface area contributed by atoms with Gasteiger partial charge in [-0.15, -0.1) is 11.3 Å². The number of aromatic nitrogens is 3. The molecule has 2 aromatic heterocycles. The van der Waals surface area contributed by atoms with Gasteiger partial charge in [0.1, 0.15) is 5.01 Å². The maximum Gasteiger partial charge on any atom is 0.222 e. The molecule has 72 valence electrons. The van der Waals surface area contributed by atoms with E-state index in [0.29, 0.717) is 5.95 Å². The van der Waals surface area contributed by atoms with Gasteiger partial charge in [-0.2, -0.15) is 0 Å². The van der Waals surface area contributed by atoms with Gasteiger partial charge in [0.05, 0.1) is 0 Å². The normalized spacial score (nSPS) is 10.1. The first-order valence-electron chi connectivity index (χ1n) is 4.22. The van der Waals surface area contributed by atoms with Crippen molar-refractivity contribution in [1.29, 1.82) is 0 Å². The summed E-state index contributed by atoms with van der Waals surface area (Å²) >= 11 is 1.60. The molecular weight excluding hydrogens is 196 g/mol. The predicted octanol–water partition coefficient (Wildman–Crippen LogP) is 1.95. The summed E-state index contributed by atoms with van der Waals surface area (Å²) in [6.45, 7) is 1.98. The van der Waals surface area contributed by atoms with E-state index in [4.69, 9.17) is 0 Å². The second kappa shape index (κ2) is 3.71. The Morgan fingerprint density at radius 1 is 1.29 bits per heavy atom. The zero-order valence-corrected chi connectivity index (χ0v) is 8.80. The van der Waals surface area contributed by atoms with Gasteiger partial charge in [-0.05, 0) is 6.92 Å². The van der Waals surface area contributed by atoms with Crippen LogP contribution in [-0.2, 0) is 0 Å². The molecular formula is C9H10N4S. The minimum atomic E-state index is 0.627. The lowest BCUT2D eigenvalue weighted by atomic mass is 10.3. The SMILES string of the molecule is CNc1ncc(-c2nc(C)cs2)cn1. The Balaban J connectivity index is 2.33. The van der Waals surface area contributed by atoms with Crippen LogP contribution in [0.4, 0.5) is 5.95 Å². The van der Waals surface area contributed by atoms with E-state index in [1.165, 1.54) is 0 Å². The largest absolute Gasteiger partial charge is 0.357 e. The molecule has 0 saturated heterocycles. The molecule has 2 heterocycles. The highest BCUT2D eigenvalue weighted by Crippen LogP contribution is 2.22. The number of rotatable bonds is 2. The van der Waals surface area contributed by atoms with Crippen molar-refractivity contribution in [1.82, 2.24) is 15.0 Å². The standard InChI is InChI=1S/C9H10N4S/c1-6-5-14-8(13-6)7-3-11-9(10-2)12-4-7/h3-5H,1-2H3,(H,10,11,12). The van der Waals surface area contributed by atoms with Crippen LogP contribution in [0.5, 0.6) is 0 Å². The highest BCUT2D eigenvalue weighted by Gasteiger charge is 2.03. The summed E-state index contributed by atoms with van der Waals surface area (Å²) in [5.41, 5.74) is 1.99. The summed E-state index contributed by atoms with van der Waals surface area (Å²) in [6.07, 6.45) is 3.55. The van der Waals surface area contributed by atoms with Crippen molar-refractivity contribution in [3.63, 3.8) is 0 Å². The highest BCUT2D eigenvalue weighted by atomic mass is 32.1. The number of thiazole rings is 1. The van der Waals surface area contributed by atoms with E-state index in [1.807, 2.05) is 12.3 Å². The van der Waals surface area contributed by atoms with Crippen molar-refractivity contribution >= 4 is 17.3 Å². The van der Waals surface area contributed by atoms with Crippen LogP contribution in [0, 0.1) is 6.92 Å². The molecule has 0 saturated carbocycles. The Labute approximate surface area is 86.1 Å². The number of hydrogen-bond donors (Lipinski definition) is 1. The van der Waals surface area contributed by atoms with Crippen molar-refractivity contribution < 1.29 is 0 Å². The van der Waals surface area contributed by atoms with Crippen LogP contribution in [0.15, 0.2) is 17.8 Å². The van der Waals surface area contributed by atoms with E-state index in [9.17, 15) is 0 Å². The van der Waals surface area contributed by atoms with Gasteiger partial charge in [0.15, 0.2) is 0 Å². The molecule has 5 heteroatoms. The van der Waals surface area contributed by atoms with Crippen LogP contribution in [-0.4, -0.2) is 22.0 Å². The van der Waals surface area contributed by atoms with Crippen molar-refractivity contribution in [3.05, 3.63) is 23.5 Å². The van der Waals surface area contributed by atoms with Crippen LogP contribution in [0.1, 0.15) is 5.69 Å². The summed E-state index contributed by atoms with van der Waals surface area (Å²) < 4.78 is 0. The summed E-state index contributed by atoms with van der Waals surface area (Å²) in [5.74, 6) is 0.627. The number of hydrogen-bond acceptors (Lipinski definition) is 5. The fourth-order valence-electron chi connectivity index (χ4n) is 1.05. The van der Waals surface area contributed by atoms with Crippen LogP contribution < -0.4 is 5.32 Å². The first-order valence-corrected chi connectivity index (χ1v) is 5.10. The third kappa shape index (κ3) is 1.72. The number of anilines is 1. The molecule has 0 unspecified atom stereocenters. The van der Waals surface area contributed by atoms with Gasteiger partial charge >= 0.3 is 0 Å². The van der Waals surface area contributed by atoms with Gasteiger partial charge in [0.2, 0.25) is 5.95 Å². The topological polar surface area (TPSA) is 50.7 Å². The van der Waals surface area contributed by atoms with E-state index in [1.54, 1.807) is 30.8 Å². The third-order valence-corrected chi connectivity index (χ3v) is 2.75. The second-order valence-electron chi connectivity index (χ2n) is 2.84. The quantitative estimate of drug-likeness (QED) is 0.816. The number of nitrogens with zero attached hydrogens (tertiary/aromatic N) is 3. The molecule has 0 fully saturated rings. The Kier molecular flexibility index (Phi) is 2.41. The molecule has 2 rings (SSSR count). The summed E-state index contributed by atoms with van der Waals surface area (Å²) in [5, 5.41) is 5.85. The first kappa shape index (κ1) is 9.08. The molecule has 4 nitrogen and oxygen atoms in total. The Morgan fingerprint density at radius 2 is 2.00 bits per heavy atom. The molecule has 0 amide bonds. The molecule has 0 radical (unpaired) electrons. The van der Waals surface area contributed by atoms with E-state index < -0.39 is 0 Å². The monoisotopic (exact) mass is 206 g/mol. The lowest BCUT2D eigenvalue weighted by Gasteiger charge is -1.98.